The summed E-state index contributed by atoms with van der Waals surface area (Å²) in [5.41, 5.74) is 2.10. The first-order valence-corrected chi connectivity index (χ1v) is 8.30. The molecule has 0 fully saturated rings. The van der Waals surface area contributed by atoms with Crippen molar-refractivity contribution < 1.29 is 4.39 Å². The highest BCUT2D eigenvalue weighted by Gasteiger charge is 2.11. The average Bonchev–Trinajstić information content (AvgIpc) is 2.64. The van der Waals surface area contributed by atoms with Crippen molar-refractivity contribution in [2.24, 2.45) is 0 Å². The summed E-state index contributed by atoms with van der Waals surface area (Å²) in [6.45, 7) is 1.02. The topological polar surface area (TPSA) is 61.9 Å². The Hall–Kier alpha value is -3.12. The first kappa shape index (κ1) is 16.4. The second-order valence-electron chi connectivity index (χ2n) is 6.31. The number of nitrogens with one attached hydrogen (secondary N) is 1. The largest absolute Gasteiger partial charge is 0.309 e. The maximum absolute atomic E-state index is 13.9. The van der Waals surface area contributed by atoms with Gasteiger partial charge in [-0.2, -0.15) is 0 Å². The lowest BCUT2D eigenvalue weighted by atomic mass is 10.1. The molecule has 0 atom stereocenters. The van der Waals surface area contributed by atoms with Gasteiger partial charge in [-0.25, -0.2) is 9.37 Å². The predicted octanol–water partition coefficient (Wildman–Crippen LogP) is 3.24. The molecule has 2 heterocycles. The summed E-state index contributed by atoms with van der Waals surface area (Å²) in [6, 6.07) is 13.9. The van der Waals surface area contributed by atoms with E-state index in [1.807, 2.05) is 30.1 Å². The van der Waals surface area contributed by atoms with Gasteiger partial charge >= 0.3 is 0 Å². The summed E-state index contributed by atoms with van der Waals surface area (Å²) in [5, 5.41) is 1.09. The summed E-state index contributed by atoms with van der Waals surface area (Å²) < 4.78 is 13.9. The van der Waals surface area contributed by atoms with Crippen molar-refractivity contribution in [1.82, 2.24) is 19.9 Å². The third-order valence-electron chi connectivity index (χ3n) is 4.32. The number of hydrogen-bond donors (Lipinski definition) is 1. The summed E-state index contributed by atoms with van der Waals surface area (Å²) in [4.78, 5) is 25.9. The van der Waals surface area contributed by atoms with E-state index in [2.05, 4.69) is 15.0 Å². The Labute approximate surface area is 149 Å². The van der Waals surface area contributed by atoms with Gasteiger partial charge in [-0.1, -0.05) is 18.2 Å². The minimum atomic E-state index is -0.278. The molecule has 0 spiro atoms. The molecule has 0 saturated carbocycles. The van der Waals surface area contributed by atoms with E-state index in [9.17, 15) is 9.18 Å². The highest BCUT2D eigenvalue weighted by molar-refractivity contribution is 5.82. The molecule has 2 aromatic heterocycles. The molecule has 0 aliphatic heterocycles. The summed E-state index contributed by atoms with van der Waals surface area (Å²) in [5.74, 6) is 0.315. The monoisotopic (exact) mass is 348 g/mol. The molecule has 6 heteroatoms. The van der Waals surface area contributed by atoms with E-state index in [1.165, 1.54) is 6.07 Å². The second kappa shape index (κ2) is 6.65. The van der Waals surface area contributed by atoms with Crippen LogP contribution < -0.4 is 5.56 Å². The SMILES string of the molecule is CN(Cc1nc2ccccc2c(=O)[nH]1)Cc1ccc(F)c2cccnc12. The van der Waals surface area contributed by atoms with E-state index in [4.69, 9.17) is 0 Å². The van der Waals surface area contributed by atoms with Crippen molar-refractivity contribution in [3.63, 3.8) is 0 Å². The van der Waals surface area contributed by atoms with Crippen LogP contribution in [0.5, 0.6) is 0 Å². The summed E-state index contributed by atoms with van der Waals surface area (Å²) in [7, 11) is 1.92. The molecule has 2 aromatic carbocycles. The fraction of sp³-hybridized carbons (Fsp3) is 0.150. The van der Waals surface area contributed by atoms with Crippen LogP contribution in [0.3, 0.4) is 0 Å². The Morgan fingerprint density at radius 3 is 2.73 bits per heavy atom. The number of rotatable bonds is 4. The predicted molar refractivity (Wildman–Crippen MR) is 99.2 cm³/mol. The van der Waals surface area contributed by atoms with E-state index in [-0.39, 0.29) is 11.4 Å². The fourth-order valence-corrected chi connectivity index (χ4v) is 3.14. The van der Waals surface area contributed by atoms with Gasteiger partial charge in [0, 0.05) is 18.1 Å². The third-order valence-corrected chi connectivity index (χ3v) is 4.32. The molecule has 1 N–H and O–H groups in total. The molecule has 4 aromatic rings. The Balaban J connectivity index is 1.61. The quantitative estimate of drug-likeness (QED) is 0.615. The van der Waals surface area contributed by atoms with Gasteiger partial charge in [0.25, 0.3) is 5.56 Å². The van der Waals surface area contributed by atoms with E-state index in [0.29, 0.717) is 40.7 Å². The van der Waals surface area contributed by atoms with Gasteiger partial charge in [-0.3, -0.25) is 14.7 Å². The van der Waals surface area contributed by atoms with Crippen LogP contribution in [0.1, 0.15) is 11.4 Å². The number of nitrogens with zero attached hydrogens (tertiary/aromatic N) is 3. The Bertz CT molecular complexity index is 1160. The zero-order valence-electron chi connectivity index (χ0n) is 14.2. The maximum atomic E-state index is 13.9. The summed E-state index contributed by atoms with van der Waals surface area (Å²) >= 11 is 0. The van der Waals surface area contributed by atoms with Crippen molar-refractivity contribution >= 4 is 21.8 Å². The number of fused-ring (bicyclic) bond motifs is 2. The van der Waals surface area contributed by atoms with Gasteiger partial charge in [0.2, 0.25) is 0 Å². The molecule has 0 saturated heterocycles. The highest BCUT2D eigenvalue weighted by atomic mass is 19.1. The van der Waals surface area contributed by atoms with Crippen molar-refractivity contribution in [3.8, 4) is 0 Å². The van der Waals surface area contributed by atoms with Crippen LogP contribution >= 0.6 is 0 Å². The molecule has 0 aliphatic carbocycles. The molecule has 4 rings (SSSR count). The van der Waals surface area contributed by atoms with Crippen molar-refractivity contribution in [2.75, 3.05) is 7.05 Å². The molecule has 5 nitrogen and oxygen atoms in total. The zero-order valence-corrected chi connectivity index (χ0v) is 14.2. The van der Waals surface area contributed by atoms with Gasteiger partial charge in [-0.05, 0) is 42.9 Å². The number of H-pyrrole nitrogens is 1. The normalized spacial score (nSPS) is 11.5. The lowest BCUT2D eigenvalue weighted by Crippen LogP contribution is -2.22. The standard InChI is InChI=1S/C20H17FN4O/c1-25(11-13-8-9-16(21)14-6-4-10-22-19(13)14)12-18-23-17-7-3-2-5-15(17)20(26)24-18/h2-10H,11-12H2,1H3,(H,23,24,26). The van der Waals surface area contributed by atoms with Crippen molar-refractivity contribution in [3.05, 3.63) is 82.3 Å². The summed E-state index contributed by atoms with van der Waals surface area (Å²) in [6.07, 6.45) is 1.66. The molecule has 130 valence electrons. The Kier molecular flexibility index (Phi) is 4.18. The minimum absolute atomic E-state index is 0.145. The molecule has 0 amide bonds. The van der Waals surface area contributed by atoms with E-state index in [0.717, 1.165) is 5.56 Å². The Morgan fingerprint density at radius 1 is 1.04 bits per heavy atom. The van der Waals surface area contributed by atoms with Crippen LogP contribution in [0.25, 0.3) is 21.8 Å². The van der Waals surface area contributed by atoms with Crippen molar-refractivity contribution in [2.45, 2.75) is 13.1 Å². The van der Waals surface area contributed by atoms with Gasteiger partial charge < -0.3 is 4.98 Å². The smallest absolute Gasteiger partial charge is 0.258 e. The first-order chi connectivity index (χ1) is 12.6. The number of aromatic nitrogens is 3. The lowest BCUT2D eigenvalue weighted by Gasteiger charge is -2.17. The van der Waals surface area contributed by atoms with Gasteiger partial charge in [0.05, 0.1) is 23.0 Å². The van der Waals surface area contributed by atoms with Crippen LogP contribution in [0.4, 0.5) is 4.39 Å². The number of para-hydroxylation sites is 1. The van der Waals surface area contributed by atoms with Crippen molar-refractivity contribution in [1.29, 1.82) is 0 Å². The fourth-order valence-electron chi connectivity index (χ4n) is 3.14. The highest BCUT2D eigenvalue weighted by Crippen LogP contribution is 2.21. The van der Waals surface area contributed by atoms with E-state index < -0.39 is 0 Å². The van der Waals surface area contributed by atoms with E-state index in [1.54, 1.807) is 30.5 Å². The van der Waals surface area contributed by atoms with E-state index >= 15 is 0 Å². The third kappa shape index (κ3) is 3.07. The van der Waals surface area contributed by atoms with Crippen LogP contribution in [0.15, 0.2) is 59.5 Å². The number of pyridine rings is 1. The van der Waals surface area contributed by atoms with Crippen LogP contribution in [-0.4, -0.2) is 26.9 Å². The van der Waals surface area contributed by atoms with Gasteiger partial charge in [-0.15, -0.1) is 0 Å². The van der Waals surface area contributed by atoms with Gasteiger partial charge in [0.1, 0.15) is 11.6 Å². The van der Waals surface area contributed by atoms with Gasteiger partial charge in [0.15, 0.2) is 0 Å². The minimum Gasteiger partial charge on any atom is -0.309 e. The Morgan fingerprint density at radius 2 is 1.85 bits per heavy atom. The van der Waals surface area contributed by atoms with Crippen LogP contribution in [0, 0.1) is 5.82 Å². The number of aromatic amines is 1. The number of hydrogen-bond acceptors (Lipinski definition) is 4. The molecule has 26 heavy (non-hydrogen) atoms. The van der Waals surface area contributed by atoms with Crippen LogP contribution in [-0.2, 0) is 13.1 Å². The molecule has 0 aliphatic rings. The number of halogens is 1. The van der Waals surface area contributed by atoms with Crippen LogP contribution in [0.2, 0.25) is 0 Å². The molecule has 0 radical (unpaired) electrons. The first-order valence-electron chi connectivity index (χ1n) is 8.30. The molecular weight excluding hydrogens is 331 g/mol. The average molecular weight is 348 g/mol. The lowest BCUT2D eigenvalue weighted by molar-refractivity contribution is 0.311. The number of benzene rings is 2. The zero-order chi connectivity index (χ0) is 18.1. The second-order valence-corrected chi connectivity index (χ2v) is 6.31. The molecular formula is C20H17FN4O. The molecule has 0 bridgehead atoms. The molecule has 0 unspecified atom stereocenters. The maximum Gasteiger partial charge on any atom is 0.258 e.